The highest BCUT2D eigenvalue weighted by molar-refractivity contribution is 6.34. The highest BCUT2D eigenvalue weighted by atomic mass is 35.5. The van der Waals surface area contributed by atoms with E-state index >= 15 is 0 Å². The van der Waals surface area contributed by atoms with Crippen LogP contribution in [0.3, 0.4) is 0 Å². The number of halogens is 2. The highest BCUT2D eigenvalue weighted by Crippen LogP contribution is 2.20. The van der Waals surface area contributed by atoms with Crippen LogP contribution in [0.4, 0.5) is 4.79 Å². The van der Waals surface area contributed by atoms with Gasteiger partial charge in [0.1, 0.15) is 0 Å². The first-order valence-electron chi connectivity index (χ1n) is 4.56. The van der Waals surface area contributed by atoms with Crippen LogP contribution in [0.5, 0.6) is 0 Å². The maximum Gasteiger partial charge on any atom is 0.339 e. The van der Waals surface area contributed by atoms with E-state index in [-0.39, 0.29) is 6.03 Å². The first kappa shape index (κ1) is 10.6. The Balaban J connectivity index is 2.13. The predicted octanol–water partition coefficient (Wildman–Crippen LogP) is 2.53. The number of benzene rings is 1. The lowest BCUT2D eigenvalue weighted by atomic mass is 10.2. The van der Waals surface area contributed by atoms with Crippen molar-refractivity contribution < 1.29 is 4.79 Å². The normalized spacial score (nSPS) is 15.6. The molecule has 0 bridgehead atoms. The van der Waals surface area contributed by atoms with Crippen molar-refractivity contribution in [1.82, 2.24) is 10.2 Å². The van der Waals surface area contributed by atoms with Gasteiger partial charge in [-0.3, -0.25) is 0 Å². The average Bonchev–Trinajstić information content (AvgIpc) is 2.50. The van der Waals surface area contributed by atoms with Gasteiger partial charge in [0.05, 0.1) is 6.54 Å². The van der Waals surface area contributed by atoms with Gasteiger partial charge in [-0.1, -0.05) is 23.2 Å². The Morgan fingerprint density at radius 2 is 1.93 bits per heavy atom. The van der Waals surface area contributed by atoms with Crippen molar-refractivity contribution in [2.75, 3.05) is 13.1 Å². The van der Waals surface area contributed by atoms with Crippen molar-refractivity contribution in [3.63, 3.8) is 0 Å². The van der Waals surface area contributed by atoms with E-state index in [1.807, 2.05) is 0 Å². The molecule has 0 spiro atoms. The average molecular weight is 244 g/mol. The maximum absolute atomic E-state index is 11.2. The van der Waals surface area contributed by atoms with Gasteiger partial charge in [-0.05, 0) is 23.8 Å². The standard InChI is InChI=1S/C10H9Cl2N2O/c11-8-3-7(4-9(12)5-8)6-14-2-1-13-10(14)15/h3-5H,1-2,6H2. The minimum Gasteiger partial charge on any atom is -0.317 e. The molecule has 0 aromatic heterocycles. The Morgan fingerprint density at radius 3 is 2.47 bits per heavy atom. The molecule has 2 rings (SSSR count). The molecule has 15 heavy (non-hydrogen) atoms. The van der Waals surface area contributed by atoms with Crippen LogP contribution in [0.2, 0.25) is 10.0 Å². The van der Waals surface area contributed by atoms with Gasteiger partial charge < -0.3 is 4.90 Å². The monoisotopic (exact) mass is 243 g/mol. The summed E-state index contributed by atoms with van der Waals surface area (Å²) in [6, 6.07) is 5.12. The van der Waals surface area contributed by atoms with E-state index in [0.29, 0.717) is 29.7 Å². The number of urea groups is 1. The second-order valence-corrected chi connectivity index (χ2v) is 4.24. The quantitative estimate of drug-likeness (QED) is 0.787. The van der Waals surface area contributed by atoms with Crippen LogP contribution >= 0.6 is 23.2 Å². The fourth-order valence-electron chi connectivity index (χ4n) is 1.53. The lowest BCUT2D eigenvalue weighted by Crippen LogP contribution is -2.25. The summed E-state index contributed by atoms with van der Waals surface area (Å²) < 4.78 is 0. The first-order valence-corrected chi connectivity index (χ1v) is 5.32. The summed E-state index contributed by atoms with van der Waals surface area (Å²) in [5.41, 5.74) is 0.929. The molecule has 0 aliphatic carbocycles. The summed E-state index contributed by atoms with van der Waals surface area (Å²) in [6.45, 7) is 1.76. The summed E-state index contributed by atoms with van der Waals surface area (Å²) in [6.07, 6.45) is 0. The topological polar surface area (TPSA) is 34.4 Å². The molecule has 0 N–H and O–H groups in total. The minimum atomic E-state index is -0.161. The molecular weight excluding hydrogens is 235 g/mol. The molecule has 0 unspecified atom stereocenters. The Hall–Kier alpha value is -0.930. The number of nitrogens with zero attached hydrogens (tertiary/aromatic N) is 2. The number of hydrogen-bond acceptors (Lipinski definition) is 1. The van der Waals surface area contributed by atoms with Crippen molar-refractivity contribution in [1.29, 1.82) is 0 Å². The molecule has 1 fully saturated rings. The van der Waals surface area contributed by atoms with Gasteiger partial charge in [-0.25, -0.2) is 10.1 Å². The molecule has 1 radical (unpaired) electrons. The van der Waals surface area contributed by atoms with Gasteiger partial charge >= 0.3 is 6.03 Å². The third-order valence-electron chi connectivity index (χ3n) is 2.18. The van der Waals surface area contributed by atoms with E-state index in [1.165, 1.54) is 0 Å². The Kier molecular flexibility index (Phi) is 3.03. The zero-order valence-electron chi connectivity index (χ0n) is 7.91. The second kappa shape index (κ2) is 4.29. The van der Waals surface area contributed by atoms with Gasteiger partial charge in [-0.2, -0.15) is 0 Å². The van der Waals surface area contributed by atoms with Crippen LogP contribution in [0, 0.1) is 0 Å². The molecule has 1 aromatic carbocycles. The Labute approximate surface area is 98.0 Å². The van der Waals surface area contributed by atoms with Crippen LogP contribution in [-0.4, -0.2) is 24.0 Å². The summed E-state index contributed by atoms with van der Waals surface area (Å²) >= 11 is 11.7. The Morgan fingerprint density at radius 1 is 1.27 bits per heavy atom. The molecule has 0 atom stereocenters. The fraction of sp³-hybridized carbons (Fsp3) is 0.300. The van der Waals surface area contributed by atoms with E-state index in [2.05, 4.69) is 5.32 Å². The largest absolute Gasteiger partial charge is 0.339 e. The molecule has 79 valence electrons. The number of rotatable bonds is 2. The van der Waals surface area contributed by atoms with E-state index in [1.54, 1.807) is 23.1 Å². The van der Waals surface area contributed by atoms with Crippen LogP contribution in [0.25, 0.3) is 0 Å². The van der Waals surface area contributed by atoms with Gasteiger partial charge in [-0.15, -0.1) is 0 Å². The number of carbonyl (C=O) groups excluding carboxylic acids is 1. The number of carbonyl (C=O) groups is 1. The lowest BCUT2D eigenvalue weighted by molar-refractivity contribution is 0.215. The van der Waals surface area contributed by atoms with Crippen molar-refractivity contribution in [3.8, 4) is 0 Å². The Bertz CT molecular complexity index is 375. The van der Waals surface area contributed by atoms with Crippen molar-refractivity contribution in [2.45, 2.75) is 6.54 Å². The predicted molar refractivity (Wildman–Crippen MR) is 59.3 cm³/mol. The smallest absolute Gasteiger partial charge is 0.317 e. The third-order valence-corrected chi connectivity index (χ3v) is 2.62. The highest BCUT2D eigenvalue weighted by Gasteiger charge is 2.21. The molecule has 3 nitrogen and oxygen atoms in total. The summed E-state index contributed by atoms with van der Waals surface area (Å²) in [4.78, 5) is 12.9. The molecule has 5 heteroatoms. The van der Waals surface area contributed by atoms with Crippen molar-refractivity contribution >= 4 is 29.2 Å². The van der Waals surface area contributed by atoms with Gasteiger partial charge in [0.25, 0.3) is 0 Å². The van der Waals surface area contributed by atoms with Crippen LogP contribution in [-0.2, 0) is 6.54 Å². The van der Waals surface area contributed by atoms with Gasteiger partial charge in [0, 0.05) is 23.1 Å². The molecular formula is C10H9Cl2N2O. The number of amides is 2. The second-order valence-electron chi connectivity index (χ2n) is 3.36. The van der Waals surface area contributed by atoms with E-state index in [0.717, 1.165) is 5.56 Å². The molecule has 1 aliphatic heterocycles. The fourth-order valence-corrected chi connectivity index (χ4v) is 2.10. The molecule has 2 amide bonds. The van der Waals surface area contributed by atoms with Crippen LogP contribution in [0.1, 0.15) is 5.56 Å². The lowest BCUT2D eigenvalue weighted by Gasteiger charge is -2.13. The van der Waals surface area contributed by atoms with E-state index < -0.39 is 0 Å². The maximum atomic E-state index is 11.2. The van der Waals surface area contributed by atoms with Gasteiger partial charge in [0.2, 0.25) is 0 Å². The van der Waals surface area contributed by atoms with E-state index in [9.17, 15) is 4.79 Å². The molecule has 1 aliphatic rings. The molecule has 1 heterocycles. The van der Waals surface area contributed by atoms with Crippen LogP contribution in [0.15, 0.2) is 18.2 Å². The SMILES string of the molecule is O=C1[N]CCN1Cc1cc(Cl)cc(Cl)c1. The van der Waals surface area contributed by atoms with E-state index in [4.69, 9.17) is 23.2 Å². The summed E-state index contributed by atoms with van der Waals surface area (Å²) in [7, 11) is 0. The molecule has 0 saturated carbocycles. The first-order chi connectivity index (χ1) is 7.15. The minimum absolute atomic E-state index is 0.161. The third kappa shape index (κ3) is 2.55. The summed E-state index contributed by atoms with van der Waals surface area (Å²) in [5, 5.41) is 4.95. The zero-order chi connectivity index (χ0) is 10.8. The molecule has 1 saturated heterocycles. The van der Waals surface area contributed by atoms with Gasteiger partial charge in [0.15, 0.2) is 0 Å². The number of hydrogen-bond donors (Lipinski definition) is 0. The summed E-state index contributed by atoms with van der Waals surface area (Å²) in [5.74, 6) is 0. The molecule has 1 aromatic rings. The van der Waals surface area contributed by atoms with Crippen molar-refractivity contribution in [2.24, 2.45) is 0 Å². The van der Waals surface area contributed by atoms with Crippen molar-refractivity contribution in [3.05, 3.63) is 33.8 Å². The zero-order valence-corrected chi connectivity index (χ0v) is 9.42. The van der Waals surface area contributed by atoms with Crippen LogP contribution < -0.4 is 5.32 Å².